The summed E-state index contributed by atoms with van der Waals surface area (Å²) in [6, 6.07) is 24.3. The standard InChI is InChI=1S/C23H25NO4S/c1-28-21-11-7-19(8-12-21)17-24(16-15-18-5-3-2-4-6-18)29(27)22-13-9-20(10-14-22)23(25)26/h2-14,23,25-26H,15-17H2,1H3. The van der Waals surface area contributed by atoms with Gasteiger partial charge in [0.15, 0.2) is 6.29 Å². The smallest absolute Gasteiger partial charge is 0.178 e. The van der Waals surface area contributed by atoms with E-state index in [0.717, 1.165) is 17.7 Å². The van der Waals surface area contributed by atoms with E-state index in [0.29, 0.717) is 23.5 Å². The quantitative estimate of drug-likeness (QED) is 0.529. The summed E-state index contributed by atoms with van der Waals surface area (Å²) in [5, 5.41) is 18.5. The van der Waals surface area contributed by atoms with Crippen LogP contribution in [0.3, 0.4) is 0 Å². The van der Waals surface area contributed by atoms with E-state index in [-0.39, 0.29) is 0 Å². The number of hydrogen-bond donors (Lipinski definition) is 2. The molecule has 5 nitrogen and oxygen atoms in total. The number of hydrogen-bond acceptors (Lipinski definition) is 4. The first kappa shape index (κ1) is 21.2. The van der Waals surface area contributed by atoms with Crippen molar-refractivity contribution in [2.24, 2.45) is 0 Å². The lowest BCUT2D eigenvalue weighted by atomic mass is 10.1. The molecule has 0 spiro atoms. The van der Waals surface area contributed by atoms with Gasteiger partial charge in [-0.2, -0.15) is 0 Å². The Morgan fingerprint density at radius 1 is 0.897 bits per heavy atom. The number of rotatable bonds is 9. The van der Waals surface area contributed by atoms with Crippen LogP contribution in [0, 0.1) is 0 Å². The molecule has 0 saturated heterocycles. The van der Waals surface area contributed by atoms with Crippen LogP contribution < -0.4 is 4.74 Å². The van der Waals surface area contributed by atoms with Crippen LogP contribution in [-0.2, 0) is 24.0 Å². The molecule has 3 aromatic rings. The van der Waals surface area contributed by atoms with Crippen LogP contribution >= 0.6 is 0 Å². The van der Waals surface area contributed by atoms with Gasteiger partial charge in [0.25, 0.3) is 0 Å². The van der Waals surface area contributed by atoms with Crippen molar-refractivity contribution < 1.29 is 19.2 Å². The van der Waals surface area contributed by atoms with Gasteiger partial charge in [-0.25, -0.2) is 8.51 Å². The molecule has 0 heterocycles. The molecule has 3 aromatic carbocycles. The molecule has 0 radical (unpaired) electrons. The van der Waals surface area contributed by atoms with E-state index in [2.05, 4.69) is 12.1 Å². The molecule has 0 amide bonds. The Hall–Kier alpha value is -2.51. The summed E-state index contributed by atoms with van der Waals surface area (Å²) in [6.45, 7) is 1.14. The Morgan fingerprint density at radius 3 is 2.14 bits per heavy atom. The lowest BCUT2D eigenvalue weighted by Gasteiger charge is -2.22. The summed E-state index contributed by atoms with van der Waals surface area (Å²) >= 11 is 0. The fourth-order valence-corrected chi connectivity index (χ4v) is 4.15. The van der Waals surface area contributed by atoms with Gasteiger partial charge in [0.05, 0.1) is 12.0 Å². The third kappa shape index (κ3) is 5.98. The maximum Gasteiger partial charge on any atom is 0.178 e. The summed E-state index contributed by atoms with van der Waals surface area (Å²) in [7, 11) is 0.243. The second kappa shape index (κ2) is 10.3. The molecule has 6 heteroatoms. The van der Waals surface area contributed by atoms with E-state index in [1.54, 1.807) is 31.4 Å². The second-order valence-electron chi connectivity index (χ2n) is 6.64. The first-order valence-corrected chi connectivity index (χ1v) is 10.5. The highest BCUT2D eigenvalue weighted by atomic mass is 32.2. The maximum atomic E-state index is 13.3. The average Bonchev–Trinajstić information content (AvgIpc) is 2.77. The van der Waals surface area contributed by atoms with Crippen molar-refractivity contribution in [1.29, 1.82) is 0 Å². The van der Waals surface area contributed by atoms with Crippen molar-refractivity contribution in [1.82, 2.24) is 4.31 Å². The van der Waals surface area contributed by atoms with Gasteiger partial charge < -0.3 is 14.9 Å². The molecule has 0 aliphatic carbocycles. The van der Waals surface area contributed by atoms with Crippen molar-refractivity contribution in [2.75, 3.05) is 13.7 Å². The second-order valence-corrected chi connectivity index (χ2v) is 8.13. The summed E-state index contributed by atoms with van der Waals surface area (Å²) < 4.78 is 20.4. The third-order valence-electron chi connectivity index (χ3n) is 4.63. The van der Waals surface area contributed by atoms with Gasteiger partial charge in [-0.05, 0) is 41.8 Å². The Labute approximate surface area is 173 Å². The molecule has 0 fully saturated rings. The fraction of sp³-hybridized carbons (Fsp3) is 0.217. The highest BCUT2D eigenvalue weighted by Crippen LogP contribution is 2.19. The minimum atomic E-state index is -1.54. The topological polar surface area (TPSA) is 70.0 Å². The van der Waals surface area contributed by atoms with Crippen molar-refractivity contribution in [3.05, 3.63) is 95.6 Å². The van der Waals surface area contributed by atoms with Crippen LogP contribution in [0.5, 0.6) is 5.75 Å². The number of aliphatic hydroxyl groups is 2. The summed E-state index contributed by atoms with van der Waals surface area (Å²) in [5.41, 5.74) is 2.59. The van der Waals surface area contributed by atoms with E-state index in [9.17, 15) is 14.4 Å². The number of benzene rings is 3. The fourth-order valence-electron chi connectivity index (χ4n) is 2.96. The van der Waals surface area contributed by atoms with Crippen molar-refractivity contribution in [3.63, 3.8) is 0 Å². The number of ether oxygens (including phenoxy) is 1. The normalized spacial score (nSPS) is 12.3. The zero-order valence-electron chi connectivity index (χ0n) is 16.3. The summed E-state index contributed by atoms with van der Waals surface area (Å²) in [5.74, 6) is 0.781. The zero-order chi connectivity index (χ0) is 20.6. The van der Waals surface area contributed by atoms with Crippen LogP contribution in [0.15, 0.2) is 83.8 Å². The molecule has 0 aromatic heterocycles. The molecule has 0 aliphatic heterocycles. The van der Waals surface area contributed by atoms with Gasteiger partial charge in [-0.15, -0.1) is 0 Å². The van der Waals surface area contributed by atoms with Gasteiger partial charge in [0.2, 0.25) is 0 Å². The highest BCUT2D eigenvalue weighted by molar-refractivity contribution is 7.82. The van der Waals surface area contributed by atoms with Crippen molar-refractivity contribution >= 4 is 11.0 Å². The van der Waals surface area contributed by atoms with Gasteiger partial charge in [-0.1, -0.05) is 54.6 Å². The maximum absolute atomic E-state index is 13.3. The molecule has 1 unspecified atom stereocenters. The van der Waals surface area contributed by atoms with E-state index in [1.807, 2.05) is 46.8 Å². The first-order chi connectivity index (χ1) is 14.1. The largest absolute Gasteiger partial charge is 0.497 e. The average molecular weight is 412 g/mol. The van der Waals surface area contributed by atoms with Crippen LogP contribution in [0.25, 0.3) is 0 Å². The molecule has 1 atom stereocenters. The molecule has 0 bridgehead atoms. The van der Waals surface area contributed by atoms with Gasteiger partial charge >= 0.3 is 0 Å². The van der Waals surface area contributed by atoms with E-state index in [1.165, 1.54) is 5.56 Å². The lowest BCUT2D eigenvalue weighted by molar-refractivity contribution is -0.0425. The minimum absolute atomic E-state index is 0.372. The van der Waals surface area contributed by atoms with Gasteiger partial charge in [-0.3, -0.25) is 0 Å². The molecule has 2 N–H and O–H groups in total. The zero-order valence-corrected chi connectivity index (χ0v) is 17.1. The molecule has 0 saturated carbocycles. The monoisotopic (exact) mass is 411 g/mol. The molecular weight excluding hydrogens is 386 g/mol. The van der Waals surface area contributed by atoms with Crippen molar-refractivity contribution in [3.8, 4) is 5.75 Å². The highest BCUT2D eigenvalue weighted by Gasteiger charge is 2.17. The van der Waals surface area contributed by atoms with E-state index < -0.39 is 17.3 Å². The van der Waals surface area contributed by atoms with Crippen LogP contribution in [0.4, 0.5) is 0 Å². The van der Waals surface area contributed by atoms with Crippen LogP contribution in [0.1, 0.15) is 23.0 Å². The predicted octanol–water partition coefficient (Wildman–Crippen LogP) is 3.45. The van der Waals surface area contributed by atoms with Gasteiger partial charge in [0, 0.05) is 18.7 Å². The van der Waals surface area contributed by atoms with Crippen molar-refractivity contribution in [2.45, 2.75) is 24.2 Å². The Bertz CT molecular complexity index is 912. The summed E-state index contributed by atoms with van der Waals surface area (Å²) in [4.78, 5) is 0.621. The van der Waals surface area contributed by atoms with E-state index >= 15 is 0 Å². The lowest BCUT2D eigenvalue weighted by Crippen LogP contribution is -2.28. The molecule has 0 aliphatic rings. The SMILES string of the molecule is COc1ccc(CN(CCc2ccccc2)S(=O)c2ccc(C(O)O)cc2)cc1. The van der Waals surface area contributed by atoms with Crippen LogP contribution in [0.2, 0.25) is 0 Å². The predicted molar refractivity (Wildman–Crippen MR) is 114 cm³/mol. The molecule has 3 rings (SSSR count). The molecule has 152 valence electrons. The molecule has 29 heavy (non-hydrogen) atoms. The first-order valence-electron chi connectivity index (χ1n) is 9.36. The minimum Gasteiger partial charge on any atom is -0.497 e. The Morgan fingerprint density at radius 2 is 1.55 bits per heavy atom. The van der Waals surface area contributed by atoms with E-state index in [4.69, 9.17) is 4.74 Å². The molecular formula is C23H25NO4S. The summed E-state index contributed by atoms with van der Waals surface area (Å²) in [6.07, 6.45) is -0.762. The van der Waals surface area contributed by atoms with Gasteiger partial charge in [0.1, 0.15) is 16.7 Å². The number of methoxy groups -OCH3 is 1. The Balaban J connectivity index is 1.78. The van der Waals surface area contributed by atoms with Crippen LogP contribution in [-0.4, -0.2) is 32.4 Å². The Kier molecular flexibility index (Phi) is 7.55. The number of nitrogens with zero attached hydrogens (tertiary/aromatic N) is 1. The third-order valence-corrected chi connectivity index (χ3v) is 6.08. The number of aliphatic hydroxyl groups excluding tert-OH is 1.